The number of benzene rings is 3. The molecule has 17 heteroatoms. The number of carbonyl (C=O) groups is 4. The number of unbranched alkanes of at least 4 members (excludes halogenated alkanes) is 27. The van der Waals surface area contributed by atoms with Crippen molar-refractivity contribution in [3.8, 4) is 11.5 Å². The molecule has 0 heterocycles. The van der Waals surface area contributed by atoms with Crippen LogP contribution in [0.25, 0.3) is 0 Å². The molecule has 3 aromatic carbocycles. The van der Waals surface area contributed by atoms with E-state index in [0.717, 1.165) is 82.6 Å². The average Bonchev–Trinajstić information content (AvgIpc) is 2.91. The van der Waals surface area contributed by atoms with E-state index in [0.29, 0.717) is 58.1 Å². The van der Waals surface area contributed by atoms with E-state index in [1.165, 1.54) is 109 Å². The normalized spacial score (nSPS) is 13.2. The number of phosphoric acid groups is 1. The number of carbonyl (C=O) groups excluding carboxylic acids is 4. The van der Waals surface area contributed by atoms with Gasteiger partial charge in [-0.2, -0.15) is 0 Å². The molecule has 3 unspecified atom stereocenters. The van der Waals surface area contributed by atoms with Gasteiger partial charge in [-0.1, -0.05) is 254 Å². The van der Waals surface area contributed by atoms with Gasteiger partial charge in [0.05, 0.1) is 57.6 Å². The minimum absolute atomic E-state index is 0.0627. The molecule has 0 aliphatic heterocycles. The highest BCUT2D eigenvalue weighted by Gasteiger charge is 2.33. The smallest absolute Gasteiger partial charge is 0.464 e. The number of amides is 2. The van der Waals surface area contributed by atoms with Crippen LogP contribution in [-0.4, -0.2) is 90.9 Å². The summed E-state index contributed by atoms with van der Waals surface area (Å²) in [6, 6.07) is 25.8. The van der Waals surface area contributed by atoms with Crippen molar-refractivity contribution >= 4 is 31.6 Å². The van der Waals surface area contributed by atoms with E-state index in [9.17, 15) is 34.0 Å². The summed E-state index contributed by atoms with van der Waals surface area (Å²) >= 11 is 0. The zero-order valence-corrected chi connectivity index (χ0v) is 58.1. The van der Waals surface area contributed by atoms with Gasteiger partial charge in [-0.3, -0.25) is 24.2 Å². The van der Waals surface area contributed by atoms with Crippen LogP contribution in [-0.2, 0) is 49.1 Å². The van der Waals surface area contributed by atoms with Crippen LogP contribution in [0.2, 0.25) is 0 Å². The van der Waals surface area contributed by atoms with E-state index in [2.05, 4.69) is 36.7 Å². The molecule has 0 fully saturated rings. The number of phosphoric ester groups is 1. The van der Waals surface area contributed by atoms with Crippen LogP contribution in [0, 0.1) is 0 Å². The Balaban J connectivity index is 1.67. The Labute approximate surface area is 555 Å². The van der Waals surface area contributed by atoms with Crippen LogP contribution in [0.4, 0.5) is 0 Å². The molecule has 0 aliphatic carbocycles. The number of aliphatic hydroxyl groups excluding tert-OH is 2. The third-order valence-electron chi connectivity index (χ3n) is 16.7. The van der Waals surface area contributed by atoms with Crippen molar-refractivity contribution in [2.75, 3.05) is 26.4 Å². The van der Waals surface area contributed by atoms with Gasteiger partial charge in [-0.25, -0.2) is 9.36 Å². The first kappa shape index (κ1) is 81.4. The molecule has 0 saturated heterocycles. The van der Waals surface area contributed by atoms with Gasteiger partial charge in [0, 0.05) is 12.8 Å². The molecular formula is C75H124N3O13P. The number of para-hydroxylation sites is 2. The van der Waals surface area contributed by atoms with Gasteiger partial charge in [0.25, 0.3) is 0 Å². The maximum absolute atomic E-state index is 14.3. The summed E-state index contributed by atoms with van der Waals surface area (Å²) in [5.41, 5.74) is 1.06. The van der Waals surface area contributed by atoms with E-state index < -0.39 is 37.9 Å². The van der Waals surface area contributed by atoms with Crippen LogP contribution in [0.5, 0.6) is 11.5 Å². The average molecular weight is 1310 g/mol. The molecule has 0 radical (unpaired) electrons. The highest BCUT2D eigenvalue weighted by Crippen LogP contribution is 2.49. The lowest BCUT2D eigenvalue weighted by Gasteiger charge is -2.23. The van der Waals surface area contributed by atoms with Crippen molar-refractivity contribution in [2.45, 2.75) is 315 Å². The maximum atomic E-state index is 14.3. The summed E-state index contributed by atoms with van der Waals surface area (Å²) in [6.45, 7) is 7.12. The molecule has 3 rings (SSSR count). The summed E-state index contributed by atoms with van der Waals surface area (Å²) < 4.78 is 50.2. The maximum Gasteiger partial charge on any atom is 0.587 e. The number of hydrogen-bond donors (Lipinski definition) is 5. The zero-order valence-electron chi connectivity index (χ0n) is 57.2. The molecule has 92 heavy (non-hydrogen) atoms. The van der Waals surface area contributed by atoms with E-state index in [4.69, 9.17) is 27.8 Å². The molecule has 0 aliphatic rings. The third kappa shape index (κ3) is 44.0. The monoisotopic (exact) mass is 1310 g/mol. The van der Waals surface area contributed by atoms with Gasteiger partial charge in [-0.15, -0.1) is 0 Å². The molecule has 0 spiro atoms. The Kier molecular flexibility index (Phi) is 49.1. The Hall–Kier alpha value is -4.83. The number of nitrogens with one attached hydrogen (secondary N) is 3. The first-order chi connectivity index (χ1) is 44.9. The number of ether oxygens (including phenoxy) is 3. The molecule has 0 bridgehead atoms. The third-order valence-corrected chi connectivity index (χ3v) is 18.0. The summed E-state index contributed by atoms with van der Waals surface area (Å²) in [6.07, 6.45) is 35.1. The van der Waals surface area contributed by atoms with E-state index in [1.807, 2.05) is 30.3 Å². The molecule has 5 N–H and O–H groups in total. The van der Waals surface area contributed by atoms with Crippen molar-refractivity contribution < 1.29 is 61.7 Å². The molecular weight excluding hydrogens is 1180 g/mol. The number of hydrogen-bond acceptors (Lipinski definition) is 14. The largest absolute Gasteiger partial charge is 0.587 e. The van der Waals surface area contributed by atoms with E-state index in [-0.39, 0.29) is 81.1 Å². The summed E-state index contributed by atoms with van der Waals surface area (Å²) in [4.78, 5) is 55.3. The Bertz CT molecular complexity index is 2260. The van der Waals surface area contributed by atoms with Gasteiger partial charge in [0.1, 0.15) is 23.6 Å². The lowest BCUT2D eigenvalue weighted by Crippen LogP contribution is -2.46. The van der Waals surface area contributed by atoms with Crippen molar-refractivity contribution in [2.24, 2.45) is 0 Å². The molecule has 2 amide bonds. The second-order valence-corrected chi connectivity index (χ2v) is 26.7. The Morgan fingerprint density at radius 1 is 0.478 bits per heavy atom. The van der Waals surface area contributed by atoms with E-state index in [1.54, 1.807) is 60.7 Å². The van der Waals surface area contributed by atoms with Crippen LogP contribution < -0.4 is 25.0 Å². The topological polar surface area (TPSA) is 217 Å². The zero-order chi connectivity index (χ0) is 66.2. The predicted molar refractivity (Wildman–Crippen MR) is 370 cm³/mol. The quantitative estimate of drug-likeness (QED) is 0.0154. The highest BCUT2D eigenvalue weighted by atomic mass is 31.2. The lowest BCUT2D eigenvalue weighted by atomic mass is 10.0. The molecule has 5 atom stereocenters. The second-order valence-electron chi connectivity index (χ2n) is 25.2. The van der Waals surface area contributed by atoms with Crippen molar-refractivity contribution in [3.63, 3.8) is 0 Å². The van der Waals surface area contributed by atoms with Crippen LogP contribution in [0.15, 0.2) is 91.0 Å². The van der Waals surface area contributed by atoms with Crippen molar-refractivity contribution in [1.82, 2.24) is 16.0 Å². The predicted octanol–water partition coefficient (Wildman–Crippen LogP) is 17.8. The first-order valence-corrected chi connectivity index (χ1v) is 37.8. The molecule has 3 aromatic rings. The standard InChI is InChI=1S/C75H124N3O13P/c1-4-7-10-13-16-19-22-25-34-52-68(87-63-64-45-32-28-33-46-64)60-73(82)78-71(54-42-41-47-65(80)62-79)76-57-43-31-44-58-86-75(84)70(56-59-88-92(85,90-66-48-36-29-37-49-66)91-67-50-38-30-39-51-67)77-72(81)61-69(53-35-26-23-20-17-14-11-8-5-2)89-74(83)55-40-27-24-21-18-15-12-9-6-3/h28-30,32-33,36-39,45-46,48-51,65,68-71,76,79-80H,4-27,31,34-35,40-44,47,52-63H2,1-3H3,(H,77,81)(H,78,82)/t65?,68-,69-,70?,71?/m1/s1. The molecule has 0 aromatic heterocycles. The van der Waals surface area contributed by atoms with Crippen LogP contribution in [0.3, 0.4) is 0 Å². The summed E-state index contributed by atoms with van der Waals surface area (Å²) in [5.74, 6) is -1.10. The molecule has 522 valence electrons. The Morgan fingerprint density at radius 2 is 0.924 bits per heavy atom. The van der Waals surface area contributed by atoms with Crippen molar-refractivity contribution in [3.05, 3.63) is 96.6 Å². The summed E-state index contributed by atoms with van der Waals surface area (Å²) in [7, 11) is -4.35. The molecule has 16 nitrogen and oxygen atoms in total. The minimum atomic E-state index is -4.35. The number of esters is 2. The minimum Gasteiger partial charge on any atom is -0.464 e. The summed E-state index contributed by atoms with van der Waals surface area (Å²) in [5, 5.41) is 29.0. The van der Waals surface area contributed by atoms with Gasteiger partial charge in [-0.05, 0) is 101 Å². The number of aliphatic hydroxyl groups is 2. The molecule has 0 saturated carbocycles. The van der Waals surface area contributed by atoms with Gasteiger partial charge in [0.2, 0.25) is 11.8 Å². The van der Waals surface area contributed by atoms with Crippen LogP contribution in [0.1, 0.15) is 283 Å². The first-order valence-electron chi connectivity index (χ1n) is 36.3. The SMILES string of the molecule is CCCCCCCCCCCC(=O)O[C@H](CCCCCCCCCCC)CC(=O)NC(CCOP(=O)(Oc1ccccc1)Oc1ccccc1)C(=O)OCCCCCNC(CCCCC(O)CO)NC(=O)C[C@@H](CCCCCCCCCCC)OCc1ccccc1. The lowest BCUT2D eigenvalue weighted by molar-refractivity contribution is -0.153. The fraction of sp³-hybridized carbons (Fsp3) is 0.707. The Morgan fingerprint density at radius 3 is 1.46 bits per heavy atom. The number of rotatable bonds is 62. The fourth-order valence-electron chi connectivity index (χ4n) is 11.2. The van der Waals surface area contributed by atoms with Gasteiger partial charge in [0.15, 0.2) is 0 Å². The fourth-order valence-corrected chi connectivity index (χ4v) is 12.4. The highest BCUT2D eigenvalue weighted by molar-refractivity contribution is 7.49. The van der Waals surface area contributed by atoms with Crippen molar-refractivity contribution in [1.29, 1.82) is 0 Å². The van der Waals surface area contributed by atoms with Crippen LogP contribution >= 0.6 is 7.82 Å². The van der Waals surface area contributed by atoms with Gasteiger partial charge >= 0.3 is 19.8 Å². The second kappa shape index (κ2) is 55.5. The van der Waals surface area contributed by atoms with E-state index >= 15 is 0 Å². The van der Waals surface area contributed by atoms with Gasteiger partial charge < -0.3 is 44.1 Å².